The number of hydrogen-bond acceptors (Lipinski definition) is 4. The van der Waals surface area contributed by atoms with E-state index in [1.54, 1.807) is 23.1 Å². The van der Waals surface area contributed by atoms with Gasteiger partial charge in [-0.3, -0.25) is 0 Å². The maximum Gasteiger partial charge on any atom is 0.154 e. The fourth-order valence-electron chi connectivity index (χ4n) is 1.54. The smallest absolute Gasteiger partial charge is 0.154 e. The van der Waals surface area contributed by atoms with E-state index in [1.165, 1.54) is 10.5 Å². The molecule has 5 heteroatoms. The number of halogens is 1. The highest BCUT2D eigenvalue weighted by Gasteiger charge is 2.06. The first-order valence-corrected chi connectivity index (χ1v) is 8.35. The average molecular weight is 343 g/mol. The van der Waals surface area contributed by atoms with Gasteiger partial charge in [0.15, 0.2) is 4.34 Å². The third-order valence-electron chi connectivity index (χ3n) is 2.37. The molecule has 0 aliphatic carbocycles. The quantitative estimate of drug-likeness (QED) is 0.779. The van der Waals surface area contributed by atoms with Gasteiger partial charge in [0.1, 0.15) is 0 Å². The first kappa shape index (κ1) is 14.1. The maximum absolute atomic E-state index is 4.32. The normalized spacial score (nSPS) is 10.8. The molecule has 18 heavy (non-hydrogen) atoms. The van der Waals surface area contributed by atoms with Crippen LogP contribution in [0.15, 0.2) is 43.5 Å². The summed E-state index contributed by atoms with van der Waals surface area (Å²) < 4.78 is 2.22. The number of aromatic nitrogens is 1. The lowest BCUT2D eigenvalue weighted by molar-refractivity contribution is 0.669. The van der Waals surface area contributed by atoms with Gasteiger partial charge in [-0.1, -0.05) is 34.6 Å². The molecular weight excluding hydrogens is 328 g/mol. The monoisotopic (exact) mass is 342 g/mol. The van der Waals surface area contributed by atoms with Crippen LogP contribution in [0.25, 0.3) is 0 Å². The van der Waals surface area contributed by atoms with E-state index < -0.39 is 0 Å². The zero-order valence-corrected chi connectivity index (χ0v) is 13.4. The van der Waals surface area contributed by atoms with Crippen molar-refractivity contribution >= 4 is 39.0 Å². The van der Waals surface area contributed by atoms with Crippen LogP contribution in [0.2, 0.25) is 0 Å². The average Bonchev–Trinajstić information content (AvgIpc) is 2.86. The van der Waals surface area contributed by atoms with E-state index in [0.717, 1.165) is 28.3 Å². The number of rotatable bonds is 6. The summed E-state index contributed by atoms with van der Waals surface area (Å²) in [6.45, 7) is 4.13. The van der Waals surface area contributed by atoms with E-state index in [0.29, 0.717) is 0 Å². The third-order valence-corrected chi connectivity index (χ3v) is 4.87. The maximum atomic E-state index is 4.32. The summed E-state index contributed by atoms with van der Waals surface area (Å²) >= 11 is 6.95. The number of benzene rings is 1. The molecule has 0 unspecified atom stereocenters. The van der Waals surface area contributed by atoms with Gasteiger partial charge >= 0.3 is 0 Å². The Morgan fingerprint density at radius 3 is 3.06 bits per heavy atom. The summed E-state index contributed by atoms with van der Waals surface area (Å²) in [6, 6.07) is 6.41. The molecule has 0 atom stereocenters. The molecule has 0 fully saturated rings. The highest BCUT2D eigenvalue weighted by atomic mass is 79.9. The van der Waals surface area contributed by atoms with Gasteiger partial charge in [-0.25, -0.2) is 4.98 Å². The SMILES string of the molecule is CCCNCc1cc(Br)ccc1Sc1nccs1. The van der Waals surface area contributed by atoms with Gasteiger partial charge in [-0.2, -0.15) is 0 Å². The van der Waals surface area contributed by atoms with Crippen molar-refractivity contribution < 1.29 is 0 Å². The lowest BCUT2D eigenvalue weighted by atomic mass is 10.2. The van der Waals surface area contributed by atoms with Crippen LogP contribution < -0.4 is 5.32 Å². The summed E-state index contributed by atoms with van der Waals surface area (Å²) in [7, 11) is 0. The minimum Gasteiger partial charge on any atom is -0.313 e. The molecule has 96 valence electrons. The Balaban J connectivity index is 2.12. The largest absolute Gasteiger partial charge is 0.313 e. The van der Waals surface area contributed by atoms with Gasteiger partial charge in [0.05, 0.1) is 0 Å². The highest BCUT2D eigenvalue weighted by molar-refractivity contribution is 9.10. The number of nitrogens with zero attached hydrogens (tertiary/aromatic N) is 1. The summed E-state index contributed by atoms with van der Waals surface area (Å²) in [5.74, 6) is 0. The van der Waals surface area contributed by atoms with Gasteiger partial charge in [0.25, 0.3) is 0 Å². The van der Waals surface area contributed by atoms with E-state index in [2.05, 4.69) is 51.4 Å². The first-order chi connectivity index (χ1) is 8.79. The summed E-state index contributed by atoms with van der Waals surface area (Å²) in [5, 5.41) is 5.46. The van der Waals surface area contributed by atoms with E-state index in [9.17, 15) is 0 Å². The van der Waals surface area contributed by atoms with Crippen molar-refractivity contribution in [2.45, 2.75) is 29.1 Å². The van der Waals surface area contributed by atoms with E-state index >= 15 is 0 Å². The predicted octanol–water partition coefficient (Wildman–Crippen LogP) is 4.56. The molecule has 2 aromatic rings. The van der Waals surface area contributed by atoms with Gasteiger partial charge in [0, 0.05) is 27.5 Å². The van der Waals surface area contributed by atoms with Gasteiger partial charge in [-0.05, 0) is 36.7 Å². The standard InChI is InChI=1S/C13H15BrN2S2/c1-2-5-15-9-10-8-11(14)3-4-12(10)18-13-16-6-7-17-13/h3-4,6-8,15H,2,5,9H2,1H3. The molecular formula is C13H15BrN2S2. The molecule has 0 aliphatic rings. The minimum atomic E-state index is 0.904. The zero-order valence-electron chi connectivity index (χ0n) is 10.1. The van der Waals surface area contributed by atoms with Crippen LogP contribution in [-0.4, -0.2) is 11.5 Å². The van der Waals surface area contributed by atoms with Crippen LogP contribution in [0.5, 0.6) is 0 Å². The molecule has 0 saturated heterocycles. The fraction of sp³-hybridized carbons (Fsp3) is 0.308. The fourth-order valence-corrected chi connectivity index (χ4v) is 3.64. The predicted molar refractivity (Wildman–Crippen MR) is 82.4 cm³/mol. The second-order valence-corrected chi connectivity index (χ2v) is 6.93. The van der Waals surface area contributed by atoms with Gasteiger partial charge in [-0.15, -0.1) is 11.3 Å². The molecule has 2 nitrogen and oxygen atoms in total. The molecule has 0 bridgehead atoms. The van der Waals surface area contributed by atoms with Crippen LogP contribution in [0.4, 0.5) is 0 Å². The van der Waals surface area contributed by atoms with Gasteiger partial charge < -0.3 is 5.32 Å². The van der Waals surface area contributed by atoms with Crippen molar-refractivity contribution in [3.8, 4) is 0 Å². The second kappa shape index (κ2) is 7.28. The topological polar surface area (TPSA) is 24.9 Å². The van der Waals surface area contributed by atoms with Crippen molar-refractivity contribution in [3.05, 3.63) is 39.8 Å². The Hall–Kier alpha value is -0.360. The van der Waals surface area contributed by atoms with Crippen LogP contribution in [-0.2, 0) is 6.54 Å². The zero-order chi connectivity index (χ0) is 12.8. The van der Waals surface area contributed by atoms with Crippen LogP contribution in [0.1, 0.15) is 18.9 Å². The van der Waals surface area contributed by atoms with E-state index in [1.807, 2.05) is 11.6 Å². The molecule has 1 aromatic carbocycles. The van der Waals surface area contributed by atoms with Crippen molar-refractivity contribution in [2.75, 3.05) is 6.54 Å². The Bertz CT molecular complexity index is 486. The Morgan fingerprint density at radius 1 is 1.44 bits per heavy atom. The minimum absolute atomic E-state index is 0.904. The highest BCUT2D eigenvalue weighted by Crippen LogP contribution is 2.33. The third kappa shape index (κ3) is 4.09. The first-order valence-electron chi connectivity index (χ1n) is 5.86. The van der Waals surface area contributed by atoms with E-state index in [4.69, 9.17) is 0 Å². The molecule has 0 spiro atoms. The van der Waals surface area contributed by atoms with Crippen LogP contribution in [0, 0.1) is 0 Å². The molecule has 0 amide bonds. The number of thiazole rings is 1. The molecule has 1 N–H and O–H groups in total. The number of nitrogens with one attached hydrogen (secondary N) is 1. The Morgan fingerprint density at radius 2 is 2.33 bits per heavy atom. The molecule has 1 aromatic heterocycles. The van der Waals surface area contributed by atoms with E-state index in [-0.39, 0.29) is 0 Å². The van der Waals surface area contributed by atoms with Crippen molar-refractivity contribution in [1.82, 2.24) is 10.3 Å². The molecule has 0 aliphatic heterocycles. The Kier molecular flexibility index (Phi) is 5.69. The van der Waals surface area contributed by atoms with Gasteiger partial charge in [0.2, 0.25) is 0 Å². The summed E-state index contributed by atoms with van der Waals surface area (Å²) in [4.78, 5) is 5.60. The van der Waals surface area contributed by atoms with Crippen LogP contribution >= 0.6 is 39.0 Å². The second-order valence-electron chi connectivity index (χ2n) is 3.83. The lowest BCUT2D eigenvalue weighted by Gasteiger charge is -2.09. The Labute approximate surface area is 124 Å². The van der Waals surface area contributed by atoms with Crippen LogP contribution in [0.3, 0.4) is 0 Å². The van der Waals surface area contributed by atoms with Crippen molar-refractivity contribution in [3.63, 3.8) is 0 Å². The van der Waals surface area contributed by atoms with Crippen molar-refractivity contribution in [2.24, 2.45) is 0 Å². The number of hydrogen-bond donors (Lipinski definition) is 1. The summed E-state index contributed by atoms with van der Waals surface area (Å²) in [5.41, 5.74) is 1.32. The molecule has 0 saturated carbocycles. The lowest BCUT2D eigenvalue weighted by Crippen LogP contribution is -2.14. The summed E-state index contributed by atoms with van der Waals surface area (Å²) in [6.07, 6.45) is 3.00. The molecule has 0 radical (unpaired) electrons. The molecule has 2 rings (SSSR count). The molecule has 1 heterocycles. The van der Waals surface area contributed by atoms with Crippen molar-refractivity contribution in [1.29, 1.82) is 0 Å².